The van der Waals surface area contributed by atoms with Gasteiger partial charge in [0.2, 0.25) is 0 Å². The molecule has 80 valence electrons. The molecule has 4 heteroatoms. The Labute approximate surface area is 89.3 Å². The number of hydrogen-bond donors (Lipinski definition) is 1. The average Bonchev–Trinajstić information content (AvgIpc) is 2.66. The van der Waals surface area contributed by atoms with E-state index < -0.39 is 0 Å². The molecule has 1 heterocycles. The molecule has 0 amide bonds. The van der Waals surface area contributed by atoms with Gasteiger partial charge < -0.3 is 10.5 Å². The van der Waals surface area contributed by atoms with Gasteiger partial charge in [0.1, 0.15) is 11.1 Å². The quantitative estimate of drug-likeness (QED) is 0.819. The molecule has 0 aliphatic heterocycles. The highest BCUT2D eigenvalue weighted by atomic mass is 32.1. The van der Waals surface area contributed by atoms with E-state index in [1.165, 1.54) is 0 Å². The fourth-order valence-electron chi connectivity index (χ4n) is 1.19. The first-order chi connectivity index (χ1) is 6.69. The Morgan fingerprint density at radius 1 is 1.57 bits per heavy atom. The molecule has 0 radical (unpaired) electrons. The molecule has 0 bridgehead atoms. The minimum absolute atomic E-state index is 0.0637. The standard InChI is InChI=1S/C10H18N2OS/c1-4-8(11)9-6-14-10(12-9)7(3)13-5-2/h6-8H,4-5,11H2,1-3H3. The smallest absolute Gasteiger partial charge is 0.122 e. The van der Waals surface area contributed by atoms with Crippen molar-refractivity contribution in [1.29, 1.82) is 0 Å². The third-order valence-corrected chi connectivity index (χ3v) is 3.15. The topological polar surface area (TPSA) is 48.1 Å². The van der Waals surface area contributed by atoms with Gasteiger partial charge in [-0.05, 0) is 20.3 Å². The van der Waals surface area contributed by atoms with Crippen LogP contribution in [0, 0.1) is 0 Å². The highest BCUT2D eigenvalue weighted by molar-refractivity contribution is 7.09. The third-order valence-electron chi connectivity index (χ3n) is 2.12. The van der Waals surface area contributed by atoms with Crippen molar-refractivity contribution < 1.29 is 4.74 Å². The van der Waals surface area contributed by atoms with E-state index in [0.29, 0.717) is 0 Å². The maximum Gasteiger partial charge on any atom is 0.122 e. The lowest BCUT2D eigenvalue weighted by Gasteiger charge is -2.08. The predicted molar refractivity (Wildman–Crippen MR) is 59.4 cm³/mol. The summed E-state index contributed by atoms with van der Waals surface area (Å²) in [6.45, 7) is 6.79. The van der Waals surface area contributed by atoms with E-state index in [1.807, 2.05) is 19.2 Å². The van der Waals surface area contributed by atoms with Gasteiger partial charge in [0, 0.05) is 18.0 Å². The molecule has 0 aliphatic rings. The number of nitrogens with zero attached hydrogens (tertiary/aromatic N) is 1. The minimum Gasteiger partial charge on any atom is -0.372 e. The molecule has 0 saturated heterocycles. The first-order valence-corrected chi connectivity index (χ1v) is 5.89. The van der Waals surface area contributed by atoms with E-state index in [4.69, 9.17) is 10.5 Å². The molecule has 0 saturated carbocycles. The zero-order chi connectivity index (χ0) is 10.6. The zero-order valence-corrected chi connectivity index (χ0v) is 9.80. The third kappa shape index (κ3) is 2.77. The molecule has 2 atom stereocenters. The van der Waals surface area contributed by atoms with E-state index in [1.54, 1.807) is 11.3 Å². The van der Waals surface area contributed by atoms with E-state index in [0.717, 1.165) is 23.7 Å². The zero-order valence-electron chi connectivity index (χ0n) is 8.99. The molecule has 3 nitrogen and oxygen atoms in total. The van der Waals surface area contributed by atoms with Gasteiger partial charge >= 0.3 is 0 Å². The van der Waals surface area contributed by atoms with Crippen molar-refractivity contribution in [3.63, 3.8) is 0 Å². The number of nitrogens with two attached hydrogens (primary N) is 1. The van der Waals surface area contributed by atoms with Crippen LogP contribution in [0.1, 0.15) is 50.0 Å². The van der Waals surface area contributed by atoms with Crippen molar-refractivity contribution in [2.75, 3.05) is 6.61 Å². The maximum atomic E-state index is 5.89. The fraction of sp³-hybridized carbons (Fsp3) is 0.700. The van der Waals surface area contributed by atoms with Crippen LogP contribution < -0.4 is 5.73 Å². The second kappa shape index (κ2) is 5.44. The summed E-state index contributed by atoms with van der Waals surface area (Å²) in [5, 5.41) is 3.05. The fourth-order valence-corrected chi connectivity index (χ4v) is 2.07. The summed E-state index contributed by atoms with van der Waals surface area (Å²) >= 11 is 1.63. The second-order valence-electron chi connectivity index (χ2n) is 3.22. The lowest BCUT2D eigenvalue weighted by atomic mass is 10.2. The summed E-state index contributed by atoms with van der Waals surface area (Å²) in [7, 11) is 0. The van der Waals surface area contributed by atoms with Gasteiger partial charge in [0.05, 0.1) is 5.69 Å². The van der Waals surface area contributed by atoms with Gasteiger partial charge in [-0.2, -0.15) is 0 Å². The van der Waals surface area contributed by atoms with Gasteiger partial charge in [-0.1, -0.05) is 6.92 Å². The van der Waals surface area contributed by atoms with Crippen LogP contribution in [0.15, 0.2) is 5.38 Å². The molecule has 0 spiro atoms. The molecule has 1 aromatic rings. The van der Waals surface area contributed by atoms with Crippen molar-refractivity contribution in [2.24, 2.45) is 5.73 Å². The first-order valence-electron chi connectivity index (χ1n) is 5.01. The lowest BCUT2D eigenvalue weighted by molar-refractivity contribution is 0.0760. The van der Waals surface area contributed by atoms with Gasteiger partial charge in [-0.25, -0.2) is 4.98 Å². The largest absolute Gasteiger partial charge is 0.372 e. The number of thiazole rings is 1. The normalized spacial score (nSPS) is 15.4. The molecule has 0 aliphatic carbocycles. The Hall–Kier alpha value is -0.450. The van der Waals surface area contributed by atoms with Crippen LogP contribution in [0.3, 0.4) is 0 Å². The molecular weight excluding hydrogens is 196 g/mol. The van der Waals surface area contributed by atoms with Crippen molar-refractivity contribution in [2.45, 2.75) is 39.3 Å². The van der Waals surface area contributed by atoms with Crippen LogP contribution in [0.4, 0.5) is 0 Å². The van der Waals surface area contributed by atoms with Crippen LogP contribution in [0.25, 0.3) is 0 Å². The van der Waals surface area contributed by atoms with Crippen molar-refractivity contribution in [3.8, 4) is 0 Å². The average molecular weight is 214 g/mol. The monoisotopic (exact) mass is 214 g/mol. The SMILES string of the molecule is CCOC(C)c1nc(C(N)CC)cs1. The minimum atomic E-state index is 0.0637. The number of ether oxygens (including phenoxy) is 1. The van der Waals surface area contributed by atoms with Gasteiger partial charge in [0.25, 0.3) is 0 Å². The van der Waals surface area contributed by atoms with Crippen molar-refractivity contribution >= 4 is 11.3 Å². The molecule has 0 fully saturated rings. The van der Waals surface area contributed by atoms with Gasteiger partial charge in [-0.3, -0.25) is 0 Å². The van der Waals surface area contributed by atoms with Gasteiger partial charge in [0.15, 0.2) is 0 Å². The molecule has 2 N–H and O–H groups in total. The molecule has 2 unspecified atom stereocenters. The van der Waals surface area contributed by atoms with Crippen LogP contribution in [0.5, 0.6) is 0 Å². The predicted octanol–water partition coefficient (Wildman–Crippen LogP) is 2.65. The summed E-state index contributed by atoms with van der Waals surface area (Å²) in [6, 6.07) is 0.0637. The Morgan fingerprint density at radius 3 is 2.86 bits per heavy atom. The molecular formula is C10H18N2OS. The van der Waals surface area contributed by atoms with E-state index >= 15 is 0 Å². The van der Waals surface area contributed by atoms with Crippen LogP contribution >= 0.6 is 11.3 Å². The Balaban J connectivity index is 2.67. The molecule has 14 heavy (non-hydrogen) atoms. The van der Waals surface area contributed by atoms with E-state index in [-0.39, 0.29) is 12.1 Å². The highest BCUT2D eigenvalue weighted by Crippen LogP contribution is 2.24. The maximum absolute atomic E-state index is 5.89. The number of hydrogen-bond acceptors (Lipinski definition) is 4. The summed E-state index contributed by atoms with van der Waals surface area (Å²) in [5.74, 6) is 0. The second-order valence-corrected chi connectivity index (χ2v) is 4.11. The van der Waals surface area contributed by atoms with Crippen molar-refractivity contribution in [1.82, 2.24) is 4.98 Å². The highest BCUT2D eigenvalue weighted by Gasteiger charge is 2.13. The van der Waals surface area contributed by atoms with E-state index in [9.17, 15) is 0 Å². The molecule has 1 aromatic heterocycles. The Morgan fingerprint density at radius 2 is 2.29 bits per heavy atom. The molecule has 0 aromatic carbocycles. The molecule has 1 rings (SSSR count). The summed E-state index contributed by atoms with van der Waals surface area (Å²) in [5.41, 5.74) is 6.87. The van der Waals surface area contributed by atoms with Crippen LogP contribution in [-0.4, -0.2) is 11.6 Å². The first kappa shape index (κ1) is 11.6. The Bertz CT molecular complexity index is 275. The lowest BCUT2D eigenvalue weighted by Crippen LogP contribution is -2.09. The number of aromatic nitrogens is 1. The Kier molecular flexibility index (Phi) is 4.51. The van der Waals surface area contributed by atoms with Crippen LogP contribution in [-0.2, 0) is 4.74 Å². The van der Waals surface area contributed by atoms with Crippen molar-refractivity contribution in [3.05, 3.63) is 16.1 Å². The summed E-state index contributed by atoms with van der Waals surface area (Å²) in [4.78, 5) is 4.47. The summed E-state index contributed by atoms with van der Waals surface area (Å²) in [6.07, 6.45) is 1.01. The number of rotatable bonds is 5. The van der Waals surface area contributed by atoms with Gasteiger partial charge in [-0.15, -0.1) is 11.3 Å². The summed E-state index contributed by atoms with van der Waals surface area (Å²) < 4.78 is 5.46. The van der Waals surface area contributed by atoms with E-state index in [2.05, 4.69) is 11.9 Å². The van der Waals surface area contributed by atoms with Crippen LogP contribution in [0.2, 0.25) is 0 Å².